The Hall–Kier alpha value is -2.44. The highest BCUT2D eigenvalue weighted by Gasteiger charge is 2.00. The molecule has 0 fully saturated rings. The first-order valence-electron chi connectivity index (χ1n) is 21.3. The van der Waals surface area contributed by atoms with Crippen molar-refractivity contribution in [3.8, 4) is 0 Å². The highest BCUT2D eigenvalue weighted by Crippen LogP contribution is 2.14. The lowest BCUT2D eigenvalue weighted by Crippen LogP contribution is -3.00. The van der Waals surface area contributed by atoms with Crippen LogP contribution in [0.3, 0.4) is 0 Å². The first kappa shape index (κ1) is 49.6. The molecule has 54 heavy (non-hydrogen) atoms. The number of rotatable bonds is 27. The Balaban J connectivity index is 0.000000459. The monoisotopic (exact) mass is 864 g/mol. The van der Waals surface area contributed by atoms with Gasteiger partial charge in [-0.25, -0.2) is 4.57 Å². The normalized spacial score (nSPS) is 10.4. The number of unbranched alkanes of at least 4 members (excludes halogenated alkanes) is 20. The van der Waals surface area contributed by atoms with E-state index in [-0.39, 0.29) is 17.0 Å². The molecule has 0 spiro atoms. The van der Waals surface area contributed by atoms with Crippen molar-refractivity contribution in [3.05, 3.63) is 120 Å². The van der Waals surface area contributed by atoms with Gasteiger partial charge in [0.15, 0.2) is 12.4 Å². The van der Waals surface area contributed by atoms with Crippen LogP contribution in [0.5, 0.6) is 0 Å². The molecule has 300 valence electrons. The van der Waals surface area contributed by atoms with Gasteiger partial charge in [-0.3, -0.25) is 15.0 Å². The van der Waals surface area contributed by atoms with Crippen LogP contribution in [0.15, 0.2) is 98.1 Å². The maximum Gasteiger partial charge on any atom is 0.171 e. The minimum atomic E-state index is 0. The highest BCUT2D eigenvalue weighted by molar-refractivity contribution is 9.09. The molecule has 0 saturated heterocycles. The van der Waals surface area contributed by atoms with Gasteiger partial charge in [0, 0.05) is 60.6 Å². The first-order chi connectivity index (χ1) is 26.2. The zero-order valence-electron chi connectivity index (χ0n) is 34.2. The second-order valence-electron chi connectivity index (χ2n) is 14.8. The van der Waals surface area contributed by atoms with Crippen LogP contribution >= 0.6 is 15.9 Å². The van der Waals surface area contributed by atoms with Crippen molar-refractivity contribution in [2.24, 2.45) is 0 Å². The summed E-state index contributed by atoms with van der Waals surface area (Å²) in [5.41, 5.74) is 5.38. The summed E-state index contributed by atoms with van der Waals surface area (Å²) in [5.74, 6) is 0. The van der Waals surface area contributed by atoms with E-state index in [4.69, 9.17) is 0 Å². The number of pyridine rings is 4. The van der Waals surface area contributed by atoms with Gasteiger partial charge in [-0.15, -0.1) is 0 Å². The van der Waals surface area contributed by atoms with Gasteiger partial charge in [0.1, 0.15) is 6.54 Å². The van der Waals surface area contributed by atoms with Crippen molar-refractivity contribution in [2.45, 2.75) is 174 Å². The van der Waals surface area contributed by atoms with E-state index < -0.39 is 0 Å². The fourth-order valence-electron chi connectivity index (χ4n) is 6.54. The number of hydrogen-bond acceptors (Lipinski definition) is 3. The van der Waals surface area contributed by atoms with Gasteiger partial charge >= 0.3 is 0 Å². The number of halogens is 2. The predicted molar refractivity (Wildman–Crippen MR) is 232 cm³/mol. The van der Waals surface area contributed by atoms with Crippen molar-refractivity contribution in [2.75, 3.05) is 5.33 Å². The van der Waals surface area contributed by atoms with Crippen LogP contribution in [0.1, 0.15) is 164 Å². The van der Waals surface area contributed by atoms with E-state index in [1.54, 1.807) is 12.4 Å². The minimum absolute atomic E-state index is 0. The third kappa shape index (κ3) is 30.8. The van der Waals surface area contributed by atoms with Crippen LogP contribution in [-0.2, 0) is 19.4 Å². The summed E-state index contributed by atoms with van der Waals surface area (Å²) >= 11 is 3.48. The molecular formula is C48H74Br2N4. The number of aromatic nitrogens is 4. The predicted octanol–water partition coefficient (Wildman–Crippen LogP) is 10.9. The van der Waals surface area contributed by atoms with Crippen molar-refractivity contribution >= 4 is 15.9 Å². The van der Waals surface area contributed by atoms with Crippen LogP contribution in [0.2, 0.25) is 0 Å². The summed E-state index contributed by atoms with van der Waals surface area (Å²) in [4.78, 5) is 12.2. The van der Waals surface area contributed by atoms with Crippen LogP contribution in [-0.4, -0.2) is 20.3 Å². The molecule has 0 atom stereocenters. The lowest BCUT2D eigenvalue weighted by Gasteiger charge is -2.03. The minimum Gasteiger partial charge on any atom is -1.00 e. The van der Waals surface area contributed by atoms with Crippen molar-refractivity contribution in [3.63, 3.8) is 0 Å². The molecule has 0 radical (unpaired) electrons. The number of nitrogens with zero attached hydrogens (tertiary/aromatic N) is 4. The average Bonchev–Trinajstić information content (AvgIpc) is 3.19. The largest absolute Gasteiger partial charge is 1.00 e. The van der Waals surface area contributed by atoms with E-state index in [0.717, 1.165) is 0 Å². The molecule has 4 heterocycles. The summed E-state index contributed by atoms with van der Waals surface area (Å²) in [6.45, 7) is 5.37. The van der Waals surface area contributed by atoms with Gasteiger partial charge in [0.05, 0.1) is 0 Å². The molecule has 6 heteroatoms. The van der Waals surface area contributed by atoms with Gasteiger partial charge in [0.2, 0.25) is 0 Å². The first-order valence-corrected chi connectivity index (χ1v) is 22.5. The number of hydrogen-bond donors (Lipinski definition) is 0. The third-order valence-electron chi connectivity index (χ3n) is 9.78. The van der Waals surface area contributed by atoms with Crippen LogP contribution in [0, 0.1) is 13.8 Å². The molecular weight excluding hydrogens is 792 g/mol. The van der Waals surface area contributed by atoms with Gasteiger partial charge in [-0.1, -0.05) is 137 Å². The lowest BCUT2D eigenvalue weighted by molar-refractivity contribution is -0.697. The molecule has 0 bridgehead atoms. The van der Waals surface area contributed by atoms with Gasteiger partial charge in [-0.2, -0.15) is 0 Å². The molecule has 0 unspecified atom stereocenters. The van der Waals surface area contributed by atoms with Crippen molar-refractivity contribution in [1.29, 1.82) is 0 Å². The summed E-state index contributed by atoms with van der Waals surface area (Å²) in [6, 6.07) is 16.7. The maximum absolute atomic E-state index is 4.18. The molecule has 0 aliphatic rings. The quantitative estimate of drug-likeness (QED) is 0.0341. The average molecular weight is 867 g/mol. The third-order valence-corrected chi connectivity index (χ3v) is 10.3. The molecule has 0 aliphatic carbocycles. The number of alkyl halides is 1. The van der Waals surface area contributed by atoms with E-state index in [0.29, 0.717) is 0 Å². The maximum atomic E-state index is 4.18. The zero-order valence-corrected chi connectivity index (χ0v) is 37.3. The molecule has 4 aromatic heterocycles. The van der Waals surface area contributed by atoms with Crippen LogP contribution < -0.4 is 21.5 Å². The van der Waals surface area contributed by atoms with Gasteiger partial charge in [-0.05, 0) is 99.4 Å². The fraction of sp³-hybridized carbons (Fsp3) is 0.583. The Morgan fingerprint density at radius 2 is 0.870 bits per heavy atom. The SMILES string of the molecule is BrCCCCCCCCCCCCCc1cccnc1.Cc1ccc[n+](CCCCCCCCCCCCCc2cccnc2)c1.Cc1ccncc1.[Br-]. The Morgan fingerprint density at radius 3 is 1.24 bits per heavy atom. The standard InChI is InChI=1S/C24H37N2.C18H30BrN.C6H7N.BrH/c1-23-15-14-20-26(22-23)19-12-10-8-6-4-2-3-5-7-9-11-16-24-17-13-18-25-21-24;19-15-11-9-7-5-3-1-2-4-6-8-10-13-18-14-12-16-20-17-18;1-6-2-4-7-5-3-6;/h13-15,17-18,20-22H,2-12,16,19H2,1H3;12,14,16-17H,1-11,13,15H2;2-5H,1H3;1H/q+1;;;/p-1. The highest BCUT2D eigenvalue weighted by atomic mass is 79.9. The Labute approximate surface area is 350 Å². The smallest absolute Gasteiger partial charge is 0.171 e. The Bertz CT molecular complexity index is 1320. The lowest BCUT2D eigenvalue weighted by atomic mass is 10.0. The molecule has 4 rings (SSSR count). The van der Waals surface area contributed by atoms with Gasteiger partial charge < -0.3 is 17.0 Å². The Morgan fingerprint density at radius 1 is 0.444 bits per heavy atom. The fourth-order valence-corrected chi connectivity index (χ4v) is 6.94. The molecule has 0 aromatic carbocycles. The molecule has 0 aliphatic heterocycles. The number of aryl methyl sites for hydroxylation is 5. The molecule has 0 N–H and O–H groups in total. The van der Waals surface area contributed by atoms with E-state index in [1.807, 2.05) is 56.0 Å². The molecule has 4 nitrogen and oxygen atoms in total. The summed E-state index contributed by atoms with van der Waals surface area (Å²) in [6.07, 6.45) is 48.8. The summed E-state index contributed by atoms with van der Waals surface area (Å²) in [7, 11) is 0. The summed E-state index contributed by atoms with van der Waals surface area (Å²) < 4.78 is 2.32. The molecule has 0 amide bonds. The second kappa shape index (κ2) is 37.5. The molecule has 4 aromatic rings. The Kier molecular flexibility index (Phi) is 34.4. The zero-order chi connectivity index (χ0) is 37.7. The topological polar surface area (TPSA) is 42.5 Å². The van der Waals surface area contributed by atoms with E-state index >= 15 is 0 Å². The van der Waals surface area contributed by atoms with E-state index in [2.05, 4.69) is 79.0 Å². The van der Waals surface area contributed by atoms with Crippen LogP contribution in [0.4, 0.5) is 0 Å². The summed E-state index contributed by atoms with van der Waals surface area (Å²) in [5, 5.41) is 1.17. The van der Waals surface area contributed by atoms with E-state index in [9.17, 15) is 0 Å². The van der Waals surface area contributed by atoms with Crippen molar-refractivity contribution < 1.29 is 21.5 Å². The van der Waals surface area contributed by atoms with E-state index in [1.165, 1.54) is 188 Å². The van der Waals surface area contributed by atoms with Crippen LogP contribution in [0.25, 0.3) is 0 Å². The second-order valence-corrected chi connectivity index (χ2v) is 15.6. The molecule has 0 saturated carbocycles. The van der Waals surface area contributed by atoms with Crippen molar-refractivity contribution in [1.82, 2.24) is 15.0 Å². The van der Waals surface area contributed by atoms with Gasteiger partial charge in [0.25, 0.3) is 0 Å².